The van der Waals surface area contributed by atoms with Crippen molar-refractivity contribution in [2.75, 3.05) is 19.0 Å². The number of ether oxygens (including phenoxy) is 1. The molecule has 1 aliphatic rings. The number of nitrogens with zero attached hydrogens (tertiary/aromatic N) is 1. The normalized spacial score (nSPS) is 18.6. The van der Waals surface area contributed by atoms with Gasteiger partial charge in [0.1, 0.15) is 11.9 Å². The Kier molecular flexibility index (Phi) is 5.56. The summed E-state index contributed by atoms with van der Waals surface area (Å²) >= 11 is 3.58. The summed E-state index contributed by atoms with van der Waals surface area (Å²) in [6.45, 7) is 0.112. The van der Waals surface area contributed by atoms with Crippen LogP contribution in [-0.4, -0.2) is 29.6 Å². The topological polar surface area (TPSA) is 61.8 Å². The molecule has 1 aliphatic heterocycles. The first-order chi connectivity index (χ1) is 14.1. The molecular weight excluding hydrogens is 432 g/mol. The standard InChI is InChI=1S/C23H21BrN2O3/c1-29-21(28)14-26-22(15-5-3-2-4-6-15)19-13-17(24)9-12-20(19)25-23(26)16-7-10-18(27)11-8-16/h2-13,22-23,25,27H,14H2,1H3/t22-,23+/m1/s1. The van der Waals surface area contributed by atoms with Crippen LogP contribution < -0.4 is 5.32 Å². The number of rotatable bonds is 4. The smallest absolute Gasteiger partial charge is 0.319 e. The molecular formula is C23H21BrN2O3. The van der Waals surface area contributed by atoms with Gasteiger partial charge in [0.05, 0.1) is 19.7 Å². The zero-order valence-corrected chi connectivity index (χ0v) is 17.5. The van der Waals surface area contributed by atoms with Crippen LogP contribution in [0.2, 0.25) is 0 Å². The quantitative estimate of drug-likeness (QED) is 0.554. The first-order valence-corrected chi connectivity index (χ1v) is 10.1. The summed E-state index contributed by atoms with van der Waals surface area (Å²) in [6.07, 6.45) is -0.270. The van der Waals surface area contributed by atoms with Crippen molar-refractivity contribution < 1.29 is 14.6 Å². The Hall–Kier alpha value is -2.83. The lowest BCUT2D eigenvalue weighted by Gasteiger charge is -2.44. The summed E-state index contributed by atoms with van der Waals surface area (Å²) in [5.41, 5.74) is 4.10. The molecule has 1 heterocycles. The van der Waals surface area contributed by atoms with Gasteiger partial charge in [0.25, 0.3) is 0 Å². The average molecular weight is 453 g/mol. The zero-order chi connectivity index (χ0) is 20.4. The molecule has 0 saturated carbocycles. The lowest BCUT2D eigenvalue weighted by molar-refractivity contribution is -0.143. The van der Waals surface area contributed by atoms with Gasteiger partial charge in [-0.15, -0.1) is 0 Å². The van der Waals surface area contributed by atoms with Crippen LogP contribution >= 0.6 is 15.9 Å². The van der Waals surface area contributed by atoms with E-state index in [2.05, 4.69) is 44.3 Å². The number of nitrogens with one attached hydrogen (secondary N) is 1. The van der Waals surface area contributed by atoms with Crippen LogP contribution in [0, 0.1) is 0 Å². The number of phenolic OH excluding ortho intramolecular Hbond substituents is 1. The molecule has 0 saturated heterocycles. The van der Waals surface area contributed by atoms with E-state index in [9.17, 15) is 9.90 Å². The Labute approximate surface area is 178 Å². The van der Waals surface area contributed by atoms with Crippen LogP contribution in [0.1, 0.15) is 28.9 Å². The minimum absolute atomic E-state index is 0.112. The molecule has 2 atom stereocenters. The molecule has 148 valence electrons. The third-order valence-electron chi connectivity index (χ3n) is 5.13. The maximum atomic E-state index is 12.3. The van der Waals surface area contributed by atoms with Gasteiger partial charge >= 0.3 is 5.97 Å². The molecule has 6 heteroatoms. The van der Waals surface area contributed by atoms with Crippen molar-refractivity contribution >= 4 is 27.6 Å². The maximum absolute atomic E-state index is 12.3. The highest BCUT2D eigenvalue weighted by Crippen LogP contribution is 2.44. The second-order valence-corrected chi connectivity index (χ2v) is 7.85. The highest BCUT2D eigenvalue weighted by Gasteiger charge is 2.37. The first kappa shape index (κ1) is 19.5. The molecule has 0 bridgehead atoms. The van der Waals surface area contributed by atoms with Gasteiger partial charge in [0, 0.05) is 10.2 Å². The maximum Gasteiger partial charge on any atom is 0.319 e. The molecule has 3 aromatic rings. The first-order valence-electron chi connectivity index (χ1n) is 9.29. The predicted octanol–water partition coefficient (Wildman–Crippen LogP) is 4.84. The fraction of sp³-hybridized carbons (Fsp3) is 0.174. The molecule has 4 rings (SSSR count). The number of hydrogen-bond acceptors (Lipinski definition) is 5. The van der Waals surface area contributed by atoms with Gasteiger partial charge in [0.2, 0.25) is 0 Å². The summed E-state index contributed by atoms with van der Waals surface area (Å²) in [6, 6.07) is 23.1. The molecule has 0 spiro atoms. The van der Waals surface area contributed by atoms with Gasteiger partial charge in [-0.05, 0) is 47.0 Å². The van der Waals surface area contributed by atoms with Crippen molar-refractivity contribution in [3.63, 3.8) is 0 Å². The lowest BCUT2D eigenvalue weighted by Crippen LogP contribution is -2.44. The number of phenols is 1. The Balaban J connectivity index is 1.88. The molecule has 3 aromatic carbocycles. The third kappa shape index (κ3) is 3.99. The number of aromatic hydroxyl groups is 1. The van der Waals surface area contributed by atoms with Gasteiger partial charge < -0.3 is 15.2 Å². The van der Waals surface area contributed by atoms with Crippen LogP contribution in [0.25, 0.3) is 0 Å². The van der Waals surface area contributed by atoms with Crippen molar-refractivity contribution in [2.24, 2.45) is 0 Å². The summed E-state index contributed by atoms with van der Waals surface area (Å²) in [5, 5.41) is 13.3. The van der Waals surface area contributed by atoms with E-state index >= 15 is 0 Å². The SMILES string of the molecule is COC(=O)CN1[C@H](c2ccccc2)c2cc(Br)ccc2N[C@@H]1c1ccc(O)cc1. The van der Waals surface area contributed by atoms with E-state index in [1.807, 2.05) is 42.5 Å². The van der Waals surface area contributed by atoms with E-state index in [0.29, 0.717) is 0 Å². The van der Waals surface area contributed by atoms with Crippen LogP contribution in [0.5, 0.6) is 5.75 Å². The van der Waals surface area contributed by atoms with Gasteiger partial charge in [-0.2, -0.15) is 0 Å². The number of carbonyl (C=O) groups excluding carboxylic acids is 1. The molecule has 29 heavy (non-hydrogen) atoms. The number of halogens is 1. The summed E-state index contributed by atoms with van der Waals surface area (Å²) in [5.74, 6) is -0.108. The van der Waals surface area contributed by atoms with Crippen molar-refractivity contribution in [3.8, 4) is 5.75 Å². The van der Waals surface area contributed by atoms with Crippen molar-refractivity contribution in [2.45, 2.75) is 12.2 Å². The minimum Gasteiger partial charge on any atom is -0.508 e. The number of fused-ring (bicyclic) bond motifs is 1. The Bertz CT molecular complexity index is 1010. The number of hydrogen-bond donors (Lipinski definition) is 2. The van der Waals surface area contributed by atoms with Crippen molar-refractivity contribution in [3.05, 3.63) is 94.0 Å². The predicted molar refractivity (Wildman–Crippen MR) is 116 cm³/mol. The number of methoxy groups -OCH3 is 1. The van der Waals surface area contributed by atoms with E-state index in [-0.39, 0.29) is 30.5 Å². The number of benzene rings is 3. The van der Waals surface area contributed by atoms with Crippen LogP contribution in [0.4, 0.5) is 5.69 Å². The van der Waals surface area contributed by atoms with Crippen molar-refractivity contribution in [1.29, 1.82) is 0 Å². The number of carbonyl (C=O) groups is 1. The summed E-state index contributed by atoms with van der Waals surface area (Å²) in [7, 11) is 1.40. The van der Waals surface area contributed by atoms with E-state index < -0.39 is 0 Å². The monoisotopic (exact) mass is 452 g/mol. The largest absolute Gasteiger partial charge is 0.508 e. The van der Waals surface area contributed by atoms with Crippen molar-refractivity contribution in [1.82, 2.24) is 4.90 Å². The van der Waals surface area contributed by atoms with E-state index in [4.69, 9.17) is 4.74 Å². The van der Waals surface area contributed by atoms with Crippen LogP contribution in [0.15, 0.2) is 77.3 Å². The molecule has 0 amide bonds. The van der Waals surface area contributed by atoms with Crippen LogP contribution in [0.3, 0.4) is 0 Å². The second-order valence-electron chi connectivity index (χ2n) is 6.93. The molecule has 2 N–H and O–H groups in total. The average Bonchev–Trinajstić information content (AvgIpc) is 2.74. The van der Waals surface area contributed by atoms with E-state index in [0.717, 1.165) is 26.9 Å². The molecule has 5 nitrogen and oxygen atoms in total. The Morgan fingerprint density at radius 1 is 1.07 bits per heavy atom. The fourth-order valence-corrected chi connectivity index (χ4v) is 4.16. The molecule has 0 fully saturated rings. The fourth-order valence-electron chi connectivity index (χ4n) is 3.78. The van der Waals surface area contributed by atoms with Gasteiger partial charge in [-0.3, -0.25) is 9.69 Å². The number of esters is 1. The Morgan fingerprint density at radius 3 is 2.48 bits per heavy atom. The zero-order valence-electron chi connectivity index (χ0n) is 15.9. The highest BCUT2D eigenvalue weighted by molar-refractivity contribution is 9.10. The van der Waals surface area contributed by atoms with Gasteiger partial charge in [-0.1, -0.05) is 58.4 Å². The molecule has 0 aromatic heterocycles. The number of anilines is 1. The summed E-state index contributed by atoms with van der Waals surface area (Å²) < 4.78 is 5.97. The Morgan fingerprint density at radius 2 is 1.79 bits per heavy atom. The van der Waals surface area contributed by atoms with E-state index in [1.54, 1.807) is 12.1 Å². The van der Waals surface area contributed by atoms with Crippen LogP contribution in [-0.2, 0) is 9.53 Å². The van der Waals surface area contributed by atoms with E-state index in [1.165, 1.54) is 7.11 Å². The molecule has 0 unspecified atom stereocenters. The molecule has 0 radical (unpaired) electrons. The summed E-state index contributed by atoms with van der Waals surface area (Å²) in [4.78, 5) is 14.4. The molecule has 0 aliphatic carbocycles. The lowest BCUT2D eigenvalue weighted by atomic mass is 9.91. The highest BCUT2D eigenvalue weighted by atomic mass is 79.9. The third-order valence-corrected chi connectivity index (χ3v) is 5.62. The minimum atomic E-state index is -0.310. The van der Waals surface area contributed by atoms with Gasteiger partial charge in [0.15, 0.2) is 0 Å². The van der Waals surface area contributed by atoms with Gasteiger partial charge in [-0.25, -0.2) is 0 Å². The second kappa shape index (κ2) is 8.27.